The number of likely N-dealkylation sites (tertiary alicyclic amines) is 1. The molecule has 0 spiro atoms. The Morgan fingerprint density at radius 3 is 2.48 bits per heavy atom. The second-order valence-corrected chi connectivity index (χ2v) is 9.95. The number of carbonyl (C=O) groups excluding carboxylic acids is 1. The number of amides is 1. The van der Waals surface area contributed by atoms with Crippen molar-refractivity contribution >= 4 is 15.7 Å². The molecule has 1 aromatic carbocycles. The minimum Gasteiger partial charge on any atom is -0.333 e. The van der Waals surface area contributed by atoms with Crippen LogP contribution in [0.4, 0.5) is 0 Å². The Hall–Kier alpha value is -1.40. The molecule has 2 aliphatic rings. The number of nitrogens with zero attached hydrogens (tertiary/aromatic N) is 2. The summed E-state index contributed by atoms with van der Waals surface area (Å²) in [5.41, 5.74) is 0.642. The third-order valence-electron chi connectivity index (χ3n) is 5.28. The lowest BCUT2D eigenvalue weighted by atomic mass is 10.0. The summed E-state index contributed by atoms with van der Waals surface area (Å²) in [5.74, 6) is 0.596. The first kappa shape index (κ1) is 18.4. The highest BCUT2D eigenvalue weighted by atomic mass is 32.2. The van der Waals surface area contributed by atoms with Gasteiger partial charge in [-0.1, -0.05) is 32.0 Å². The van der Waals surface area contributed by atoms with Crippen molar-refractivity contribution in [2.24, 2.45) is 5.92 Å². The zero-order valence-corrected chi connectivity index (χ0v) is 15.9. The fourth-order valence-corrected chi connectivity index (χ4v) is 6.11. The molecule has 0 aromatic heterocycles. The van der Waals surface area contributed by atoms with Crippen LogP contribution in [0, 0.1) is 5.92 Å². The van der Waals surface area contributed by atoms with Crippen LogP contribution in [0.25, 0.3) is 0 Å². The van der Waals surface area contributed by atoms with Gasteiger partial charge in [0.25, 0.3) is 5.91 Å². The normalized spacial score (nSPS) is 26.9. The van der Waals surface area contributed by atoms with Gasteiger partial charge in [0.15, 0.2) is 9.84 Å². The highest BCUT2D eigenvalue weighted by Gasteiger charge is 2.44. The average Bonchev–Trinajstić information content (AvgIpc) is 2.78. The molecule has 0 radical (unpaired) electrons. The first-order valence-electron chi connectivity index (χ1n) is 9.18. The molecule has 3 rings (SSSR count). The summed E-state index contributed by atoms with van der Waals surface area (Å²) in [4.78, 5) is 17.1. The molecular formula is C19H28N2O3S. The second-order valence-electron chi connectivity index (χ2n) is 7.61. The van der Waals surface area contributed by atoms with Crippen LogP contribution >= 0.6 is 0 Å². The fraction of sp³-hybridized carbons (Fsp3) is 0.632. The fourth-order valence-electron chi connectivity index (χ4n) is 4.13. The molecule has 138 valence electrons. The van der Waals surface area contributed by atoms with Crippen LogP contribution in [0.1, 0.15) is 37.0 Å². The molecule has 0 unspecified atom stereocenters. The summed E-state index contributed by atoms with van der Waals surface area (Å²) in [6.07, 6.45) is 1.35. The van der Waals surface area contributed by atoms with Gasteiger partial charge in [-0.25, -0.2) is 8.42 Å². The van der Waals surface area contributed by atoms with E-state index in [0.717, 1.165) is 26.1 Å². The van der Waals surface area contributed by atoms with E-state index in [4.69, 9.17) is 0 Å². The largest absolute Gasteiger partial charge is 0.333 e. The van der Waals surface area contributed by atoms with E-state index < -0.39 is 15.1 Å². The molecule has 1 aromatic rings. The number of carbonyl (C=O) groups is 1. The second kappa shape index (κ2) is 7.46. The summed E-state index contributed by atoms with van der Waals surface area (Å²) in [6.45, 7) is 7.30. The van der Waals surface area contributed by atoms with Gasteiger partial charge in [-0.2, -0.15) is 0 Å². The summed E-state index contributed by atoms with van der Waals surface area (Å²) in [5, 5.41) is -0.425. The van der Waals surface area contributed by atoms with Gasteiger partial charge in [-0.05, 0) is 37.4 Å². The van der Waals surface area contributed by atoms with E-state index >= 15 is 0 Å². The van der Waals surface area contributed by atoms with Crippen molar-refractivity contribution in [1.82, 2.24) is 9.80 Å². The van der Waals surface area contributed by atoms with E-state index in [1.54, 1.807) is 0 Å². The van der Waals surface area contributed by atoms with Crippen LogP contribution in [0.5, 0.6) is 0 Å². The topological polar surface area (TPSA) is 57.7 Å². The molecule has 6 heteroatoms. The molecule has 2 atom stereocenters. The van der Waals surface area contributed by atoms with E-state index in [2.05, 4.69) is 18.7 Å². The van der Waals surface area contributed by atoms with Gasteiger partial charge in [0, 0.05) is 25.2 Å². The molecule has 5 nitrogen and oxygen atoms in total. The Kier molecular flexibility index (Phi) is 5.49. The SMILES string of the molecule is CC(C)CN1CC[C@H]2[C@H](CC1)S(=O)(=O)CCN2C(=O)c1ccccc1. The van der Waals surface area contributed by atoms with Gasteiger partial charge in [-0.3, -0.25) is 4.79 Å². The van der Waals surface area contributed by atoms with Crippen molar-refractivity contribution in [2.75, 3.05) is 31.9 Å². The zero-order chi connectivity index (χ0) is 18.0. The Balaban J connectivity index is 1.83. The Morgan fingerprint density at radius 1 is 1.12 bits per heavy atom. The number of hydrogen-bond donors (Lipinski definition) is 0. The highest BCUT2D eigenvalue weighted by Crippen LogP contribution is 2.29. The van der Waals surface area contributed by atoms with Crippen LogP contribution < -0.4 is 0 Å². The van der Waals surface area contributed by atoms with Crippen molar-refractivity contribution in [3.8, 4) is 0 Å². The van der Waals surface area contributed by atoms with Crippen LogP contribution in [0.15, 0.2) is 30.3 Å². The number of rotatable bonds is 3. The molecular weight excluding hydrogens is 336 g/mol. The van der Waals surface area contributed by atoms with Crippen molar-refractivity contribution < 1.29 is 13.2 Å². The summed E-state index contributed by atoms with van der Waals surface area (Å²) in [7, 11) is -3.13. The number of benzene rings is 1. The van der Waals surface area contributed by atoms with Crippen molar-refractivity contribution in [2.45, 2.75) is 38.0 Å². The molecule has 2 heterocycles. The van der Waals surface area contributed by atoms with Gasteiger partial charge in [0.1, 0.15) is 0 Å². The summed E-state index contributed by atoms with van der Waals surface area (Å²) >= 11 is 0. The van der Waals surface area contributed by atoms with Gasteiger partial charge in [0.2, 0.25) is 0 Å². The Bertz CT molecular complexity index is 703. The minimum absolute atomic E-state index is 0.0391. The van der Waals surface area contributed by atoms with Crippen molar-refractivity contribution in [1.29, 1.82) is 0 Å². The van der Waals surface area contributed by atoms with Crippen LogP contribution in [-0.2, 0) is 9.84 Å². The molecule has 0 saturated carbocycles. The number of fused-ring (bicyclic) bond motifs is 1. The molecule has 0 bridgehead atoms. The summed E-state index contributed by atoms with van der Waals surface area (Å²) < 4.78 is 25.3. The molecule has 25 heavy (non-hydrogen) atoms. The van der Waals surface area contributed by atoms with Crippen molar-refractivity contribution in [3.05, 3.63) is 35.9 Å². The van der Waals surface area contributed by atoms with Crippen LogP contribution in [0.2, 0.25) is 0 Å². The standard InChI is InChI=1S/C19H28N2O3S/c1-15(2)14-20-10-8-17-18(9-11-20)25(23,24)13-12-21(17)19(22)16-6-4-3-5-7-16/h3-7,15,17-18H,8-14H2,1-2H3/t17-,18-/m0/s1. The molecule has 2 aliphatic heterocycles. The third-order valence-corrected chi connectivity index (χ3v) is 7.51. The van der Waals surface area contributed by atoms with Crippen LogP contribution in [0.3, 0.4) is 0 Å². The van der Waals surface area contributed by atoms with Gasteiger partial charge >= 0.3 is 0 Å². The molecule has 0 aliphatic carbocycles. The van der Waals surface area contributed by atoms with E-state index in [1.807, 2.05) is 35.2 Å². The molecule has 2 fully saturated rings. The number of hydrogen-bond acceptors (Lipinski definition) is 4. The maximum absolute atomic E-state index is 13.0. The molecule has 2 saturated heterocycles. The smallest absolute Gasteiger partial charge is 0.254 e. The predicted molar refractivity (Wildman–Crippen MR) is 99.4 cm³/mol. The average molecular weight is 365 g/mol. The monoisotopic (exact) mass is 364 g/mol. The maximum atomic E-state index is 13.0. The van der Waals surface area contributed by atoms with Gasteiger partial charge < -0.3 is 9.80 Å². The number of sulfone groups is 1. The van der Waals surface area contributed by atoms with Crippen molar-refractivity contribution in [3.63, 3.8) is 0 Å². The third kappa shape index (κ3) is 4.06. The Labute approximate surface area is 150 Å². The summed E-state index contributed by atoms with van der Waals surface area (Å²) in [6, 6.07) is 9.00. The van der Waals surface area contributed by atoms with E-state index in [9.17, 15) is 13.2 Å². The lowest BCUT2D eigenvalue weighted by molar-refractivity contribution is 0.0664. The minimum atomic E-state index is -3.13. The molecule has 1 amide bonds. The lowest BCUT2D eigenvalue weighted by Crippen LogP contribution is -2.56. The van der Waals surface area contributed by atoms with Gasteiger partial charge in [0.05, 0.1) is 17.0 Å². The lowest BCUT2D eigenvalue weighted by Gasteiger charge is -2.40. The van der Waals surface area contributed by atoms with E-state index in [0.29, 0.717) is 24.4 Å². The zero-order valence-electron chi connectivity index (χ0n) is 15.1. The van der Waals surface area contributed by atoms with E-state index in [-0.39, 0.29) is 17.7 Å². The molecule has 0 N–H and O–H groups in total. The highest BCUT2D eigenvalue weighted by molar-refractivity contribution is 7.92. The first-order chi connectivity index (χ1) is 11.9. The quantitative estimate of drug-likeness (QED) is 0.824. The predicted octanol–water partition coefficient (Wildman–Crippen LogP) is 2.05. The Morgan fingerprint density at radius 2 is 1.80 bits per heavy atom. The maximum Gasteiger partial charge on any atom is 0.254 e. The van der Waals surface area contributed by atoms with E-state index in [1.165, 1.54) is 0 Å². The first-order valence-corrected chi connectivity index (χ1v) is 10.9. The van der Waals surface area contributed by atoms with Crippen LogP contribution in [-0.4, -0.2) is 67.3 Å². The van der Waals surface area contributed by atoms with Gasteiger partial charge in [-0.15, -0.1) is 0 Å².